The van der Waals surface area contributed by atoms with Crippen molar-refractivity contribution in [2.45, 2.75) is 52.4 Å². The van der Waals surface area contributed by atoms with Crippen LogP contribution in [0.15, 0.2) is 36.4 Å². The highest BCUT2D eigenvalue weighted by molar-refractivity contribution is 6.74. The topological polar surface area (TPSA) is 50.4 Å². The van der Waals surface area contributed by atoms with Crippen LogP contribution in [0.4, 0.5) is 20.2 Å². The molecule has 0 saturated carbocycles. The lowest BCUT2D eigenvalue weighted by Crippen LogP contribution is -2.40. The van der Waals surface area contributed by atoms with Crippen molar-refractivity contribution in [3.63, 3.8) is 0 Å². The zero-order valence-electron chi connectivity index (χ0n) is 18.0. The second-order valence-electron chi connectivity index (χ2n) is 8.67. The molecule has 158 valence electrons. The largest absolute Gasteiger partial charge is 0.413 e. The molecular weight excluding hydrogens is 390 g/mol. The third-order valence-electron chi connectivity index (χ3n) is 5.49. The van der Waals surface area contributed by atoms with Crippen molar-refractivity contribution in [2.75, 3.05) is 17.2 Å². The van der Waals surface area contributed by atoms with E-state index in [1.807, 2.05) is 25.1 Å². The first-order chi connectivity index (χ1) is 13.4. The van der Waals surface area contributed by atoms with Gasteiger partial charge in [-0.2, -0.15) is 0 Å². The fourth-order valence-corrected chi connectivity index (χ4v) is 3.38. The molecule has 0 aliphatic carbocycles. The zero-order valence-corrected chi connectivity index (χ0v) is 19.0. The molecule has 2 aromatic rings. The second kappa shape index (κ2) is 9.05. The molecule has 0 heterocycles. The van der Waals surface area contributed by atoms with Crippen LogP contribution in [-0.4, -0.2) is 20.8 Å². The molecule has 0 bridgehead atoms. The van der Waals surface area contributed by atoms with Gasteiger partial charge in [0, 0.05) is 17.4 Å². The second-order valence-corrected chi connectivity index (χ2v) is 13.5. The highest BCUT2D eigenvalue weighted by atomic mass is 28.4. The number of hydrogen-bond acceptors (Lipinski definition) is 3. The summed E-state index contributed by atoms with van der Waals surface area (Å²) in [5.74, 6) is -2.16. The van der Waals surface area contributed by atoms with Gasteiger partial charge in [-0.05, 0) is 54.4 Å². The zero-order chi connectivity index (χ0) is 21.8. The molecule has 0 aliphatic heterocycles. The Morgan fingerprint density at radius 1 is 1.10 bits per heavy atom. The van der Waals surface area contributed by atoms with Gasteiger partial charge in [-0.3, -0.25) is 4.79 Å². The molecule has 0 saturated heterocycles. The molecule has 0 unspecified atom stereocenters. The van der Waals surface area contributed by atoms with Crippen LogP contribution in [0.2, 0.25) is 18.1 Å². The van der Waals surface area contributed by atoms with Gasteiger partial charge >= 0.3 is 0 Å². The lowest BCUT2D eigenvalue weighted by atomic mass is 10.1. The fourth-order valence-electron chi connectivity index (χ4n) is 2.43. The molecule has 2 N–H and O–H groups in total. The van der Waals surface area contributed by atoms with E-state index in [-0.39, 0.29) is 17.5 Å². The van der Waals surface area contributed by atoms with Crippen LogP contribution in [0.1, 0.15) is 31.9 Å². The Morgan fingerprint density at radius 2 is 1.79 bits per heavy atom. The molecular formula is C22H30F2N2O2Si. The van der Waals surface area contributed by atoms with Crippen LogP contribution in [0, 0.1) is 18.6 Å². The normalized spacial score (nSPS) is 12.0. The average Bonchev–Trinajstić information content (AvgIpc) is 2.62. The summed E-state index contributed by atoms with van der Waals surface area (Å²) in [6.07, 6.45) is 0. The van der Waals surface area contributed by atoms with E-state index < -0.39 is 20.0 Å². The van der Waals surface area contributed by atoms with E-state index in [2.05, 4.69) is 44.5 Å². The maximum Gasteiger partial charge on any atom is 0.243 e. The first-order valence-corrected chi connectivity index (χ1v) is 12.5. The third kappa shape index (κ3) is 6.11. The van der Waals surface area contributed by atoms with Gasteiger partial charge in [0.2, 0.25) is 5.91 Å². The van der Waals surface area contributed by atoms with Crippen LogP contribution in [0.5, 0.6) is 0 Å². The van der Waals surface area contributed by atoms with E-state index in [4.69, 9.17) is 4.43 Å². The first-order valence-electron chi connectivity index (χ1n) is 9.62. The minimum absolute atomic E-state index is 0.0603. The summed E-state index contributed by atoms with van der Waals surface area (Å²) in [6.45, 7) is 13.4. The maximum absolute atomic E-state index is 13.3. The monoisotopic (exact) mass is 420 g/mol. The Morgan fingerprint density at radius 3 is 2.41 bits per heavy atom. The summed E-state index contributed by atoms with van der Waals surface area (Å²) in [5.41, 5.74) is 3.03. The Balaban J connectivity index is 1.99. The number of carbonyl (C=O) groups is 1. The molecule has 7 heteroatoms. The minimum atomic E-state index is -1.87. The average molecular weight is 421 g/mol. The van der Waals surface area contributed by atoms with Crippen LogP contribution in [-0.2, 0) is 15.8 Å². The number of amides is 1. The van der Waals surface area contributed by atoms with Crippen molar-refractivity contribution in [1.82, 2.24) is 0 Å². The number of benzene rings is 2. The molecule has 0 spiro atoms. The Bertz CT molecular complexity index is 880. The standard InChI is InChI=1S/C22H30F2N2O2Si/c1-15-16(14-28-29(5,6)22(2,3)4)8-7-9-20(15)26-21(27)13-25-17-10-11-18(23)19(24)12-17/h7-12,25H,13-14H2,1-6H3,(H,26,27). The van der Waals surface area contributed by atoms with Gasteiger partial charge in [-0.1, -0.05) is 32.9 Å². The van der Waals surface area contributed by atoms with Crippen molar-refractivity contribution >= 4 is 25.6 Å². The van der Waals surface area contributed by atoms with Crippen molar-refractivity contribution < 1.29 is 18.0 Å². The Labute approximate surface area is 172 Å². The van der Waals surface area contributed by atoms with Gasteiger partial charge in [0.25, 0.3) is 0 Å². The molecule has 0 fully saturated rings. The number of anilines is 2. The summed E-state index contributed by atoms with van der Waals surface area (Å²) >= 11 is 0. The van der Waals surface area contributed by atoms with E-state index in [0.717, 1.165) is 23.3 Å². The fraction of sp³-hybridized carbons (Fsp3) is 0.409. The Hall–Kier alpha value is -2.25. The smallest absolute Gasteiger partial charge is 0.243 e. The van der Waals surface area contributed by atoms with Gasteiger partial charge in [-0.15, -0.1) is 0 Å². The van der Waals surface area contributed by atoms with E-state index >= 15 is 0 Å². The van der Waals surface area contributed by atoms with E-state index in [1.54, 1.807) is 0 Å². The van der Waals surface area contributed by atoms with Crippen molar-refractivity contribution in [2.24, 2.45) is 0 Å². The molecule has 2 aromatic carbocycles. The van der Waals surface area contributed by atoms with E-state index in [9.17, 15) is 13.6 Å². The lowest BCUT2D eigenvalue weighted by Gasteiger charge is -2.36. The predicted octanol–water partition coefficient (Wildman–Crippen LogP) is 5.85. The summed E-state index contributed by atoms with van der Waals surface area (Å²) in [7, 11) is -1.87. The van der Waals surface area contributed by atoms with Crippen molar-refractivity contribution in [1.29, 1.82) is 0 Å². The number of carbonyl (C=O) groups excluding carboxylic acids is 1. The van der Waals surface area contributed by atoms with Crippen LogP contribution in [0.3, 0.4) is 0 Å². The maximum atomic E-state index is 13.3. The molecule has 2 rings (SSSR count). The van der Waals surface area contributed by atoms with Crippen LogP contribution >= 0.6 is 0 Å². The lowest BCUT2D eigenvalue weighted by molar-refractivity contribution is -0.114. The van der Waals surface area contributed by atoms with Crippen LogP contribution in [0.25, 0.3) is 0 Å². The predicted molar refractivity (Wildman–Crippen MR) is 117 cm³/mol. The van der Waals surface area contributed by atoms with Gasteiger partial charge in [0.05, 0.1) is 13.2 Å². The quantitative estimate of drug-likeness (QED) is 0.553. The number of halogens is 2. The van der Waals surface area contributed by atoms with E-state index in [0.29, 0.717) is 18.0 Å². The number of hydrogen-bond donors (Lipinski definition) is 2. The highest BCUT2D eigenvalue weighted by Gasteiger charge is 2.37. The molecule has 29 heavy (non-hydrogen) atoms. The van der Waals surface area contributed by atoms with Gasteiger partial charge in [-0.25, -0.2) is 8.78 Å². The van der Waals surface area contributed by atoms with Crippen LogP contribution < -0.4 is 10.6 Å². The summed E-state index contributed by atoms with van der Waals surface area (Å²) in [4.78, 5) is 12.3. The third-order valence-corrected chi connectivity index (χ3v) is 9.97. The highest BCUT2D eigenvalue weighted by Crippen LogP contribution is 2.37. The summed E-state index contributed by atoms with van der Waals surface area (Å²) in [6, 6.07) is 9.14. The first kappa shape index (κ1) is 23.0. The SMILES string of the molecule is Cc1c(CO[Si](C)(C)C(C)(C)C)cccc1NC(=O)CNc1ccc(F)c(F)c1. The Kier molecular flexibility index (Phi) is 7.18. The molecule has 0 atom stereocenters. The van der Waals surface area contributed by atoms with E-state index in [1.165, 1.54) is 6.07 Å². The minimum Gasteiger partial charge on any atom is -0.413 e. The van der Waals surface area contributed by atoms with Crippen molar-refractivity contribution in [3.8, 4) is 0 Å². The molecule has 1 amide bonds. The molecule has 0 aromatic heterocycles. The van der Waals surface area contributed by atoms with Crippen molar-refractivity contribution in [3.05, 3.63) is 59.2 Å². The number of rotatable bonds is 7. The van der Waals surface area contributed by atoms with Gasteiger partial charge < -0.3 is 15.1 Å². The summed E-state index contributed by atoms with van der Waals surface area (Å²) < 4.78 is 32.5. The molecule has 0 aliphatic rings. The van der Waals surface area contributed by atoms with Gasteiger partial charge in [0.15, 0.2) is 20.0 Å². The van der Waals surface area contributed by atoms with Gasteiger partial charge in [0.1, 0.15) is 0 Å². The molecule has 4 nitrogen and oxygen atoms in total. The number of nitrogens with one attached hydrogen (secondary N) is 2. The molecule has 0 radical (unpaired) electrons. The summed E-state index contributed by atoms with van der Waals surface area (Å²) in [5, 5.41) is 5.77.